The molecule has 1 aromatic carbocycles. The van der Waals surface area contributed by atoms with Gasteiger partial charge in [-0.3, -0.25) is 9.78 Å². The minimum Gasteiger partial charge on any atom is -0.435 e. The number of alkyl halides is 2. The topological polar surface area (TPSA) is 85.2 Å². The Morgan fingerprint density at radius 2 is 1.96 bits per heavy atom. The maximum atomic E-state index is 12.2. The van der Waals surface area contributed by atoms with Gasteiger partial charge in [-0.25, -0.2) is 9.50 Å². The highest BCUT2D eigenvalue weighted by molar-refractivity contribution is 5.72. The summed E-state index contributed by atoms with van der Waals surface area (Å²) in [6, 6.07) is 9.41. The molecule has 0 fully saturated rings. The lowest BCUT2D eigenvalue weighted by Gasteiger charge is -2.04. The molecule has 4 rings (SSSR count). The number of pyridine rings is 1. The van der Waals surface area contributed by atoms with Gasteiger partial charge < -0.3 is 9.72 Å². The van der Waals surface area contributed by atoms with E-state index in [-0.39, 0.29) is 11.3 Å². The van der Waals surface area contributed by atoms with Crippen LogP contribution in [0.3, 0.4) is 0 Å². The molecule has 3 heterocycles. The smallest absolute Gasteiger partial charge is 0.387 e. The van der Waals surface area contributed by atoms with E-state index in [1.807, 2.05) is 0 Å². The molecule has 0 aliphatic heterocycles. The molecule has 9 heteroatoms. The average Bonchev–Trinajstić information content (AvgIpc) is 3.06. The van der Waals surface area contributed by atoms with Crippen molar-refractivity contribution in [1.29, 1.82) is 0 Å². The first-order valence-corrected chi connectivity index (χ1v) is 8.01. The maximum absolute atomic E-state index is 12.2. The molecule has 0 aliphatic carbocycles. The normalized spacial score (nSPS) is 11.2. The number of hydrogen-bond donors (Lipinski definition) is 1. The Bertz CT molecular complexity index is 1120. The number of nitrogens with zero attached hydrogens (tertiary/aromatic N) is 4. The third kappa shape index (κ3) is 3.66. The van der Waals surface area contributed by atoms with Crippen molar-refractivity contribution in [3.8, 4) is 17.0 Å². The van der Waals surface area contributed by atoms with E-state index in [0.29, 0.717) is 29.1 Å². The second-order valence-corrected chi connectivity index (χ2v) is 5.71. The summed E-state index contributed by atoms with van der Waals surface area (Å²) in [7, 11) is 0. The van der Waals surface area contributed by atoms with Crippen LogP contribution >= 0.6 is 0 Å². The summed E-state index contributed by atoms with van der Waals surface area (Å²) < 4.78 is 30.4. The molecule has 7 nitrogen and oxygen atoms in total. The summed E-state index contributed by atoms with van der Waals surface area (Å²) >= 11 is 0. The van der Waals surface area contributed by atoms with Crippen LogP contribution in [-0.2, 0) is 6.42 Å². The number of aromatic amines is 1. The van der Waals surface area contributed by atoms with Gasteiger partial charge in [0.25, 0.3) is 0 Å². The molecule has 0 amide bonds. The fourth-order valence-corrected chi connectivity index (χ4v) is 2.67. The van der Waals surface area contributed by atoms with E-state index in [1.165, 1.54) is 18.2 Å². The van der Waals surface area contributed by atoms with E-state index in [2.05, 4.69) is 24.8 Å². The van der Waals surface area contributed by atoms with E-state index >= 15 is 0 Å². The van der Waals surface area contributed by atoms with Crippen LogP contribution in [0.1, 0.15) is 11.4 Å². The number of nitrogens with one attached hydrogen (secondary N) is 1. The molecule has 136 valence electrons. The summed E-state index contributed by atoms with van der Waals surface area (Å²) in [5.41, 5.74) is 2.51. The Hall–Kier alpha value is -3.62. The Balaban J connectivity index is 1.63. The summed E-state index contributed by atoms with van der Waals surface area (Å²) in [5.74, 6) is 0.650. The van der Waals surface area contributed by atoms with E-state index < -0.39 is 6.61 Å². The summed E-state index contributed by atoms with van der Waals surface area (Å²) in [6.45, 7) is -2.85. The molecular weight excluding hydrogens is 356 g/mol. The summed E-state index contributed by atoms with van der Waals surface area (Å²) in [5, 5.41) is 4.42. The minimum absolute atomic E-state index is 0.0984. The molecule has 0 radical (unpaired) electrons. The molecule has 27 heavy (non-hydrogen) atoms. The Morgan fingerprint density at radius 1 is 1.15 bits per heavy atom. The average molecular weight is 369 g/mol. The quantitative estimate of drug-likeness (QED) is 0.585. The molecule has 4 aromatic rings. The van der Waals surface area contributed by atoms with Gasteiger partial charge in [-0.2, -0.15) is 13.9 Å². The van der Waals surface area contributed by atoms with Gasteiger partial charge in [0.05, 0.1) is 0 Å². The SMILES string of the molecule is O=c1ccc(-c2nccn3nc(Cc4ccc(OC(F)F)cc4)nc23)c[nH]1. The number of halogens is 2. The van der Waals surface area contributed by atoms with Crippen molar-refractivity contribution in [3.63, 3.8) is 0 Å². The van der Waals surface area contributed by atoms with Gasteiger partial charge in [0.2, 0.25) is 5.56 Å². The highest BCUT2D eigenvalue weighted by Gasteiger charge is 2.12. The van der Waals surface area contributed by atoms with Crippen molar-refractivity contribution >= 4 is 5.65 Å². The Labute approximate surface area is 151 Å². The number of H-pyrrole nitrogens is 1. The van der Waals surface area contributed by atoms with Crippen LogP contribution in [0, 0.1) is 0 Å². The van der Waals surface area contributed by atoms with E-state index in [1.54, 1.807) is 41.3 Å². The number of rotatable bonds is 5. The van der Waals surface area contributed by atoms with Crippen molar-refractivity contribution in [2.75, 3.05) is 0 Å². The van der Waals surface area contributed by atoms with E-state index in [0.717, 1.165) is 5.56 Å². The second kappa shape index (κ2) is 6.94. The number of fused-ring (bicyclic) bond motifs is 1. The van der Waals surface area contributed by atoms with Crippen LogP contribution in [0.4, 0.5) is 8.78 Å². The molecular formula is C18H13F2N5O2. The van der Waals surface area contributed by atoms with Crippen LogP contribution in [0.5, 0.6) is 5.75 Å². The highest BCUT2D eigenvalue weighted by Crippen LogP contribution is 2.20. The van der Waals surface area contributed by atoms with E-state index in [4.69, 9.17) is 0 Å². The standard InChI is InChI=1S/C18H13F2N5O2/c19-18(20)27-13-4-1-11(2-5-13)9-14-23-17-16(21-7-8-25(17)24-14)12-3-6-15(26)22-10-12/h1-8,10,18H,9H2,(H,22,26). The van der Waals surface area contributed by atoms with Gasteiger partial charge in [0.15, 0.2) is 11.5 Å². The maximum Gasteiger partial charge on any atom is 0.387 e. The number of aromatic nitrogens is 5. The van der Waals surface area contributed by atoms with Crippen molar-refractivity contribution in [3.05, 3.63) is 76.7 Å². The van der Waals surface area contributed by atoms with Gasteiger partial charge in [0.1, 0.15) is 11.4 Å². The van der Waals surface area contributed by atoms with Crippen LogP contribution in [-0.4, -0.2) is 31.2 Å². The number of benzene rings is 1. The largest absolute Gasteiger partial charge is 0.435 e. The first-order valence-electron chi connectivity index (χ1n) is 8.01. The predicted molar refractivity (Wildman–Crippen MR) is 92.7 cm³/mol. The fourth-order valence-electron chi connectivity index (χ4n) is 2.67. The lowest BCUT2D eigenvalue weighted by molar-refractivity contribution is -0.0498. The van der Waals surface area contributed by atoms with Crippen LogP contribution < -0.4 is 10.3 Å². The molecule has 0 spiro atoms. The first-order chi connectivity index (χ1) is 13.1. The Morgan fingerprint density at radius 3 is 2.67 bits per heavy atom. The van der Waals surface area contributed by atoms with Gasteiger partial charge in [0, 0.05) is 36.6 Å². The molecule has 3 aromatic heterocycles. The second-order valence-electron chi connectivity index (χ2n) is 5.71. The monoisotopic (exact) mass is 369 g/mol. The van der Waals surface area contributed by atoms with Crippen LogP contribution in [0.2, 0.25) is 0 Å². The lowest BCUT2D eigenvalue weighted by Crippen LogP contribution is -2.02. The number of hydrogen-bond acceptors (Lipinski definition) is 5. The third-order valence-corrected chi connectivity index (χ3v) is 3.87. The lowest BCUT2D eigenvalue weighted by atomic mass is 10.1. The van der Waals surface area contributed by atoms with Crippen LogP contribution in [0.15, 0.2) is 59.8 Å². The molecule has 0 bridgehead atoms. The predicted octanol–water partition coefficient (Wildman–Crippen LogP) is 2.67. The zero-order valence-electron chi connectivity index (χ0n) is 13.8. The summed E-state index contributed by atoms with van der Waals surface area (Å²) in [4.78, 5) is 22.7. The molecule has 1 N–H and O–H groups in total. The highest BCUT2D eigenvalue weighted by atomic mass is 19.3. The minimum atomic E-state index is -2.85. The van der Waals surface area contributed by atoms with E-state index in [9.17, 15) is 13.6 Å². The summed E-state index contributed by atoms with van der Waals surface area (Å²) in [6.07, 6.45) is 5.27. The fraction of sp³-hybridized carbons (Fsp3) is 0.111. The third-order valence-electron chi connectivity index (χ3n) is 3.87. The Kier molecular flexibility index (Phi) is 4.33. The van der Waals surface area contributed by atoms with Gasteiger partial charge in [-0.05, 0) is 23.8 Å². The van der Waals surface area contributed by atoms with Crippen molar-refractivity contribution in [1.82, 2.24) is 24.6 Å². The zero-order chi connectivity index (χ0) is 18.8. The first kappa shape index (κ1) is 16.8. The molecule has 0 saturated carbocycles. The van der Waals surface area contributed by atoms with Crippen molar-refractivity contribution in [2.24, 2.45) is 0 Å². The van der Waals surface area contributed by atoms with Gasteiger partial charge >= 0.3 is 6.61 Å². The van der Waals surface area contributed by atoms with Gasteiger partial charge in [-0.1, -0.05) is 12.1 Å². The number of ether oxygens (including phenoxy) is 1. The molecule has 0 aliphatic rings. The van der Waals surface area contributed by atoms with Crippen molar-refractivity contribution in [2.45, 2.75) is 13.0 Å². The molecule has 0 atom stereocenters. The molecule has 0 saturated heterocycles. The molecule has 0 unspecified atom stereocenters. The van der Waals surface area contributed by atoms with Gasteiger partial charge in [-0.15, -0.1) is 0 Å². The van der Waals surface area contributed by atoms with Crippen LogP contribution in [0.25, 0.3) is 16.9 Å². The van der Waals surface area contributed by atoms with Crippen molar-refractivity contribution < 1.29 is 13.5 Å². The zero-order valence-corrected chi connectivity index (χ0v) is 13.8.